The minimum atomic E-state index is -0.145. The number of rotatable bonds is 5. The third-order valence-corrected chi connectivity index (χ3v) is 5.92. The van der Waals surface area contributed by atoms with Crippen LogP contribution >= 0.6 is 11.8 Å². The van der Waals surface area contributed by atoms with E-state index in [1.165, 1.54) is 11.8 Å². The van der Waals surface area contributed by atoms with Gasteiger partial charge in [-0.15, -0.1) is 10.2 Å². The molecule has 0 fully saturated rings. The number of fused-ring (bicyclic) bond motifs is 4. The molecule has 1 aliphatic heterocycles. The summed E-state index contributed by atoms with van der Waals surface area (Å²) in [6.45, 7) is 3.02. The second kappa shape index (κ2) is 7.99. The summed E-state index contributed by atoms with van der Waals surface area (Å²) in [5.41, 5.74) is 3.36. The van der Waals surface area contributed by atoms with Crippen LogP contribution < -0.4 is 19.5 Å². The fourth-order valence-electron chi connectivity index (χ4n) is 3.55. The second-order valence-electron chi connectivity index (χ2n) is 7.09. The normalized spacial score (nSPS) is 12.8. The number of carbonyl (C=O) groups excluding carboxylic acids is 1. The quantitative estimate of drug-likeness (QED) is 0.477. The zero-order valence-corrected chi connectivity index (χ0v) is 17.9. The Labute approximate surface area is 182 Å². The van der Waals surface area contributed by atoms with Gasteiger partial charge in [0.2, 0.25) is 5.91 Å². The zero-order chi connectivity index (χ0) is 21.4. The average Bonchev–Trinajstić information content (AvgIpc) is 3.22. The molecular weight excluding hydrogens is 416 g/mol. The van der Waals surface area contributed by atoms with Gasteiger partial charge in [-0.25, -0.2) is 0 Å². The number of anilines is 1. The molecule has 0 unspecified atom stereocenters. The molecule has 1 aliphatic rings. The maximum absolute atomic E-state index is 12.6. The summed E-state index contributed by atoms with van der Waals surface area (Å²) >= 11 is 1.33. The molecule has 3 heterocycles. The van der Waals surface area contributed by atoms with Gasteiger partial charge >= 0.3 is 0 Å². The third-order valence-electron chi connectivity index (χ3n) is 4.99. The molecule has 5 rings (SSSR count). The fraction of sp³-hybridized carbons (Fsp3) is 0.227. The molecule has 0 atom stereocenters. The number of hydrogen-bond acceptors (Lipinski definition) is 7. The van der Waals surface area contributed by atoms with Gasteiger partial charge in [-0.3, -0.25) is 9.20 Å². The highest BCUT2D eigenvalue weighted by Gasteiger charge is 2.16. The van der Waals surface area contributed by atoms with Crippen LogP contribution in [0.2, 0.25) is 0 Å². The number of pyridine rings is 1. The van der Waals surface area contributed by atoms with E-state index in [2.05, 4.69) is 21.6 Å². The molecule has 8 nitrogen and oxygen atoms in total. The number of methoxy groups -OCH3 is 1. The molecule has 1 N–H and O–H groups in total. The highest BCUT2D eigenvalue weighted by atomic mass is 32.2. The van der Waals surface area contributed by atoms with Gasteiger partial charge in [-0.1, -0.05) is 11.8 Å². The number of thioether (sulfide) groups is 1. The first-order valence-corrected chi connectivity index (χ1v) is 10.8. The number of aryl methyl sites for hydroxylation is 1. The highest BCUT2D eigenvalue weighted by Crippen LogP contribution is 2.33. The Morgan fingerprint density at radius 1 is 1.13 bits per heavy atom. The van der Waals surface area contributed by atoms with Gasteiger partial charge in [-0.05, 0) is 48.2 Å². The SMILES string of the molecule is COc1ccc2cc(C)c3nnc(SCC(=O)Nc4ccc5c(c4)OCCO5)n3c2c1. The van der Waals surface area contributed by atoms with E-state index < -0.39 is 0 Å². The van der Waals surface area contributed by atoms with Crippen molar-refractivity contribution in [2.24, 2.45) is 0 Å². The third kappa shape index (κ3) is 3.72. The summed E-state index contributed by atoms with van der Waals surface area (Å²) in [5.74, 6) is 2.11. The molecule has 0 radical (unpaired) electrons. The van der Waals surface area contributed by atoms with Gasteiger partial charge in [-0.2, -0.15) is 0 Å². The minimum Gasteiger partial charge on any atom is -0.497 e. The Hall–Kier alpha value is -3.46. The first-order chi connectivity index (χ1) is 15.1. The van der Waals surface area contributed by atoms with E-state index in [1.807, 2.05) is 29.5 Å². The molecule has 2 aromatic carbocycles. The molecule has 4 aromatic rings. The van der Waals surface area contributed by atoms with E-state index >= 15 is 0 Å². The number of nitrogens with zero attached hydrogens (tertiary/aromatic N) is 3. The van der Waals surface area contributed by atoms with Crippen LogP contribution in [-0.2, 0) is 4.79 Å². The molecule has 31 heavy (non-hydrogen) atoms. The molecule has 158 valence electrons. The molecule has 1 amide bonds. The topological polar surface area (TPSA) is 87.0 Å². The predicted molar refractivity (Wildman–Crippen MR) is 119 cm³/mol. The van der Waals surface area contributed by atoms with E-state index in [9.17, 15) is 4.79 Å². The summed E-state index contributed by atoms with van der Waals surface area (Å²) in [6.07, 6.45) is 0. The number of aromatic nitrogens is 3. The summed E-state index contributed by atoms with van der Waals surface area (Å²) in [6, 6.07) is 13.3. The Kier molecular flexibility index (Phi) is 5.03. The van der Waals surface area contributed by atoms with Crippen molar-refractivity contribution in [2.75, 3.05) is 31.4 Å². The maximum atomic E-state index is 12.6. The van der Waals surface area contributed by atoms with Crippen LogP contribution in [0.25, 0.3) is 16.6 Å². The number of benzene rings is 2. The van der Waals surface area contributed by atoms with E-state index in [1.54, 1.807) is 25.3 Å². The second-order valence-corrected chi connectivity index (χ2v) is 8.03. The smallest absolute Gasteiger partial charge is 0.234 e. The Balaban J connectivity index is 1.37. The molecule has 0 saturated carbocycles. The molecule has 0 aliphatic carbocycles. The van der Waals surface area contributed by atoms with Crippen molar-refractivity contribution >= 4 is 39.9 Å². The van der Waals surface area contributed by atoms with Crippen LogP contribution in [0, 0.1) is 6.92 Å². The van der Waals surface area contributed by atoms with Crippen LogP contribution in [-0.4, -0.2) is 46.6 Å². The van der Waals surface area contributed by atoms with Crippen LogP contribution in [0.15, 0.2) is 47.6 Å². The van der Waals surface area contributed by atoms with E-state index in [0.717, 1.165) is 27.9 Å². The van der Waals surface area contributed by atoms with Gasteiger partial charge in [0.1, 0.15) is 19.0 Å². The summed E-state index contributed by atoms with van der Waals surface area (Å²) in [7, 11) is 1.64. The van der Waals surface area contributed by atoms with E-state index in [4.69, 9.17) is 14.2 Å². The van der Waals surface area contributed by atoms with Crippen molar-refractivity contribution in [2.45, 2.75) is 12.1 Å². The van der Waals surface area contributed by atoms with Crippen molar-refractivity contribution < 1.29 is 19.0 Å². The molecule has 9 heteroatoms. The van der Waals surface area contributed by atoms with Gasteiger partial charge in [0.15, 0.2) is 22.3 Å². The first-order valence-electron chi connectivity index (χ1n) is 9.77. The van der Waals surface area contributed by atoms with Crippen LogP contribution in [0.3, 0.4) is 0 Å². The maximum Gasteiger partial charge on any atom is 0.234 e. The van der Waals surface area contributed by atoms with Gasteiger partial charge < -0.3 is 19.5 Å². The Morgan fingerprint density at radius 3 is 2.81 bits per heavy atom. The van der Waals surface area contributed by atoms with Crippen molar-refractivity contribution in [3.8, 4) is 17.2 Å². The summed E-state index contributed by atoms with van der Waals surface area (Å²) < 4.78 is 18.4. The van der Waals surface area contributed by atoms with Crippen LogP contribution in [0.4, 0.5) is 5.69 Å². The largest absolute Gasteiger partial charge is 0.497 e. The monoisotopic (exact) mass is 436 g/mol. The number of ether oxygens (including phenoxy) is 3. The van der Waals surface area contributed by atoms with Crippen molar-refractivity contribution in [1.29, 1.82) is 0 Å². The molecule has 0 saturated heterocycles. The van der Waals surface area contributed by atoms with Gasteiger partial charge in [0, 0.05) is 17.8 Å². The van der Waals surface area contributed by atoms with Crippen molar-refractivity contribution in [1.82, 2.24) is 14.6 Å². The van der Waals surface area contributed by atoms with Crippen LogP contribution in [0.1, 0.15) is 5.56 Å². The number of amides is 1. The van der Waals surface area contributed by atoms with E-state index in [-0.39, 0.29) is 11.7 Å². The lowest BCUT2D eigenvalue weighted by Crippen LogP contribution is -2.17. The average molecular weight is 436 g/mol. The predicted octanol–water partition coefficient (Wildman–Crippen LogP) is 3.70. The highest BCUT2D eigenvalue weighted by molar-refractivity contribution is 7.99. The lowest BCUT2D eigenvalue weighted by molar-refractivity contribution is -0.113. The van der Waals surface area contributed by atoms with Crippen LogP contribution in [0.5, 0.6) is 17.2 Å². The fourth-order valence-corrected chi connectivity index (χ4v) is 4.29. The molecular formula is C22H20N4O4S. The first kappa shape index (κ1) is 19.5. The summed E-state index contributed by atoms with van der Waals surface area (Å²) in [5, 5.41) is 13.2. The lowest BCUT2D eigenvalue weighted by Gasteiger charge is -2.18. The number of carbonyl (C=O) groups is 1. The minimum absolute atomic E-state index is 0.145. The van der Waals surface area contributed by atoms with Crippen molar-refractivity contribution in [3.63, 3.8) is 0 Å². The standard InChI is InChI=1S/C22H20N4O4S/c1-13-9-14-3-5-16(28-2)11-17(14)26-21(13)24-25-22(26)31-12-20(27)23-15-4-6-18-19(10-15)30-8-7-29-18/h3-6,9-11H,7-8,12H2,1-2H3,(H,23,27). The summed E-state index contributed by atoms with van der Waals surface area (Å²) in [4.78, 5) is 12.6. The Bertz CT molecular complexity index is 1300. The molecule has 0 bridgehead atoms. The molecule has 0 spiro atoms. The lowest BCUT2D eigenvalue weighted by atomic mass is 10.1. The molecule has 2 aromatic heterocycles. The van der Waals surface area contributed by atoms with Gasteiger partial charge in [0.25, 0.3) is 0 Å². The van der Waals surface area contributed by atoms with Gasteiger partial charge in [0.05, 0.1) is 18.4 Å². The Morgan fingerprint density at radius 2 is 1.97 bits per heavy atom. The van der Waals surface area contributed by atoms with E-state index in [0.29, 0.717) is 35.6 Å². The van der Waals surface area contributed by atoms with Crippen molar-refractivity contribution in [3.05, 3.63) is 48.0 Å². The number of hydrogen-bond donors (Lipinski definition) is 1. The number of nitrogens with one attached hydrogen (secondary N) is 1. The zero-order valence-electron chi connectivity index (χ0n) is 17.0.